The van der Waals surface area contributed by atoms with Crippen molar-refractivity contribution in [3.8, 4) is 17.0 Å². The van der Waals surface area contributed by atoms with Gasteiger partial charge >= 0.3 is 6.18 Å². The molecule has 0 aliphatic heterocycles. The highest BCUT2D eigenvalue weighted by atomic mass is 32.2. The number of benzene rings is 2. The summed E-state index contributed by atoms with van der Waals surface area (Å²) in [6.45, 7) is 1.36. The van der Waals surface area contributed by atoms with Crippen molar-refractivity contribution in [2.45, 2.75) is 37.1 Å². The zero-order valence-corrected chi connectivity index (χ0v) is 19.9. The standard InChI is InChI=1S/C24H19F4N3O5S/c1-13(31-37(34,35)23-10-15-9-16(25)4-7-21(15)36-23)19(32)5-2-14-3-6-20(33)17(8-14)18-11-30-22(12-29-18)24(26,27)28/h3-4,6-13,31,33H,2,5H2,1H3/t13-/m0/s1. The lowest BCUT2D eigenvalue weighted by Gasteiger charge is -2.13. The first-order valence-electron chi connectivity index (χ1n) is 10.8. The van der Waals surface area contributed by atoms with E-state index in [0.29, 0.717) is 11.8 Å². The molecule has 0 spiro atoms. The number of sulfonamides is 1. The van der Waals surface area contributed by atoms with E-state index in [-0.39, 0.29) is 40.8 Å². The fourth-order valence-corrected chi connectivity index (χ4v) is 4.71. The van der Waals surface area contributed by atoms with Gasteiger partial charge in [-0.15, -0.1) is 0 Å². The summed E-state index contributed by atoms with van der Waals surface area (Å²) < 4.78 is 84.3. The van der Waals surface area contributed by atoms with Gasteiger partial charge in [0.05, 0.1) is 24.1 Å². The van der Waals surface area contributed by atoms with Crippen LogP contribution in [0, 0.1) is 5.82 Å². The van der Waals surface area contributed by atoms with Crippen molar-refractivity contribution in [2.75, 3.05) is 0 Å². The molecule has 0 amide bonds. The number of phenols is 1. The number of ketones is 1. The second-order valence-electron chi connectivity index (χ2n) is 8.19. The molecule has 0 saturated carbocycles. The van der Waals surface area contributed by atoms with E-state index < -0.39 is 44.6 Å². The van der Waals surface area contributed by atoms with Crippen LogP contribution < -0.4 is 4.72 Å². The van der Waals surface area contributed by atoms with E-state index >= 15 is 0 Å². The van der Waals surface area contributed by atoms with Crippen LogP contribution in [0.5, 0.6) is 5.75 Å². The lowest BCUT2D eigenvalue weighted by Crippen LogP contribution is -2.38. The highest BCUT2D eigenvalue weighted by Gasteiger charge is 2.33. The number of carbonyl (C=O) groups excluding carboxylic acids is 1. The molecule has 0 aliphatic carbocycles. The number of hydrogen-bond donors (Lipinski definition) is 2. The number of aryl methyl sites for hydroxylation is 1. The summed E-state index contributed by atoms with van der Waals surface area (Å²) in [5, 5.41) is 9.91. The lowest BCUT2D eigenvalue weighted by atomic mass is 10.0. The van der Waals surface area contributed by atoms with Crippen molar-refractivity contribution in [2.24, 2.45) is 0 Å². The first-order valence-corrected chi connectivity index (χ1v) is 12.3. The Morgan fingerprint density at radius 3 is 2.54 bits per heavy atom. The molecular formula is C24H19F4N3O5S. The monoisotopic (exact) mass is 537 g/mol. The second kappa shape index (κ2) is 9.90. The molecule has 4 aromatic rings. The third kappa shape index (κ3) is 5.94. The number of hydrogen-bond acceptors (Lipinski definition) is 7. The Kier molecular flexibility index (Phi) is 7.02. The van der Waals surface area contributed by atoms with Crippen LogP contribution in [-0.4, -0.2) is 35.3 Å². The lowest BCUT2D eigenvalue weighted by molar-refractivity contribution is -0.141. The molecule has 0 unspecified atom stereocenters. The first kappa shape index (κ1) is 26.2. The van der Waals surface area contributed by atoms with Crippen LogP contribution in [0.2, 0.25) is 0 Å². The van der Waals surface area contributed by atoms with Gasteiger partial charge in [0.1, 0.15) is 17.1 Å². The smallest absolute Gasteiger partial charge is 0.434 e. The third-order valence-corrected chi connectivity index (χ3v) is 6.87. The van der Waals surface area contributed by atoms with Crippen LogP contribution in [0.1, 0.15) is 24.6 Å². The zero-order chi connectivity index (χ0) is 27.0. The summed E-state index contributed by atoms with van der Waals surface area (Å²) in [4.78, 5) is 19.7. The van der Waals surface area contributed by atoms with E-state index in [1.54, 1.807) is 0 Å². The highest BCUT2D eigenvalue weighted by Crippen LogP contribution is 2.31. The molecule has 1 atom stereocenters. The topological polar surface area (TPSA) is 122 Å². The number of rotatable bonds is 8. The number of Topliss-reactive ketones (excluding diaryl/α,β-unsaturated/α-hetero) is 1. The Labute approximate surface area is 208 Å². The van der Waals surface area contributed by atoms with Crippen molar-refractivity contribution >= 4 is 26.8 Å². The van der Waals surface area contributed by atoms with Gasteiger partial charge in [-0.1, -0.05) is 6.07 Å². The Hall–Kier alpha value is -3.84. The minimum Gasteiger partial charge on any atom is -0.507 e. The first-order chi connectivity index (χ1) is 17.3. The van der Waals surface area contributed by atoms with Crippen LogP contribution in [0.15, 0.2) is 64.4 Å². The number of nitrogens with zero attached hydrogens (tertiary/aromatic N) is 2. The highest BCUT2D eigenvalue weighted by molar-refractivity contribution is 7.89. The molecule has 37 heavy (non-hydrogen) atoms. The van der Waals surface area contributed by atoms with Crippen LogP contribution in [-0.2, 0) is 27.4 Å². The van der Waals surface area contributed by atoms with Gasteiger partial charge in [0.25, 0.3) is 10.0 Å². The molecule has 2 N–H and O–H groups in total. The van der Waals surface area contributed by atoms with E-state index in [1.165, 1.54) is 31.2 Å². The Balaban J connectivity index is 1.42. The van der Waals surface area contributed by atoms with Gasteiger partial charge in [-0.05, 0) is 49.2 Å². The molecule has 2 heterocycles. The number of furan rings is 1. The maximum Gasteiger partial charge on any atom is 0.434 e. The maximum absolute atomic E-state index is 13.4. The molecule has 0 saturated heterocycles. The van der Waals surface area contributed by atoms with Crippen molar-refractivity contribution in [3.05, 3.63) is 71.9 Å². The number of nitrogens with one attached hydrogen (secondary N) is 1. The number of phenolic OH excluding ortho intramolecular Hbond substituents is 1. The van der Waals surface area contributed by atoms with Crippen molar-refractivity contribution in [1.29, 1.82) is 0 Å². The summed E-state index contributed by atoms with van der Waals surface area (Å²) in [5.74, 6) is -1.25. The zero-order valence-electron chi connectivity index (χ0n) is 19.1. The van der Waals surface area contributed by atoms with Gasteiger partial charge < -0.3 is 9.52 Å². The third-order valence-electron chi connectivity index (χ3n) is 5.47. The number of aromatic hydroxyl groups is 1. The average Bonchev–Trinajstić information content (AvgIpc) is 3.27. The van der Waals surface area contributed by atoms with Gasteiger partial charge in [-0.2, -0.15) is 17.9 Å². The Morgan fingerprint density at radius 1 is 1.11 bits per heavy atom. The molecule has 8 nitrogen and oxygen atoms in total. The Morgan fingerprint density at radius 2 is 1.86 bits per heavy atom. The van der Waals surface area contributed by atoms with Crippen LogP contribution in [0.3, 0.4) is 0 Å². The molecule has 0 radical (unpaired) electrons. The number of fused-ring (bicyclic) bond motifs is 1. The molecule has 0 aliphatic rings. The normalized spacial score (nSPS) is 13.1. The van der Waals surface area contributed by atoms with Crippen molar-refractivity contribution in [1.82, 2.24) is 14.7 Å². The Bertz CT molecular complexity index is 1570. The van der Waals surface area contributed by atoms with Gasteiger partial charge in [0, 0.05) is 23.4 Å². The number of alkyl halides is 3. The SMILES string of the molecule is C[C@H](NS(=O)(=O)c1cc2cc(F)ccc2o1)C(=O)CCc1ccc(O)c(-c2cnc(C(F)(F)F)cn2)c1. The van der Waals surface area contributed by atoms with Crippen LogP contribution in [0.25, 0.3) is 22.2 Å². The van der Waals surface area contributed by atoms with Gasteiger partial charge in [-0.25, -0.2) is 17.8 Å². The van der Waals surface area contributed by atoms with Gasteiger partial charge in [0.2, 0.25) is 5.09 Å². The second-order valence-corrected chi connectivity index (χ2v) is 9.84. The average molecular weight is 537 g/mol. The predicted molar refractivity (Wildman–Crippen MR) is 123 cm³/mol. The summed E-state index contributed by atoms with van der Waals surface area (Å²) in [6.07, 6.45) is -3.15. The molecular weight excluding hydrogens is 518 g/mol. The molecule has 0 bridgehead atoms. The molecule has 2 aromatic heterocycles. The van der Waals surface area contributed by atoms with E-state index in [0.717, 1.165) is 24.4 Å². The molecule has 13 heteroatoms. The number of aromatic nitrogens is 2. The summed E-state index contributed by atoms with van der Waals surface area (Å²) in [5.41, 5.74) is -0.325. The minimum absolute atomic E-state index is 0.00511. The van der Waals surface area contributed by atoms with E-state index in [9.17, 15) is 35.9 Å². The molecule has 0 fully saturated rings. The predicted octanol–water partition coefficient (Wildman–Crippen LogP) is 4.62. The number of halogens is 4. The van der Waals surface area contributed by atoms with Crippen LogP contribution in [0.4, 0.5) is 17.6 Å². The quantitative estimate of drug-likeness (QED) is 0.315. The van der Waals surface area contributed by atoms with E-state index in [1.807, 2.05) is 0 Å². The fraction of sp³-hybridized carbons (Fsp3) is 0.208. The van der Waals surface area contributed by atoms with Crippen molar-refractivity contribution < 1.29 is 40.3 Å². The van der Waals surface area contributed by atoms with Gasteiger partial charge in [0.15, 0.2) is 11.5 Å². The number of carbonyl (C=O) groups is 1. The molecule has 194 valence electrons. The van der Waals surface area contributed by atoms with Crippen LogP contribution >= 0.6 is 0 Å². The molecule has 2 aromatic carbocycles. The summed E-state index contributed by atoms with van der Waals surface area (Å²) in [7, 11) is -4.21. The maximum atomic E-state index is 13.4. The summed E-state index contributed by atoms with van der Waals surface area (Å²) >= 11 is 0. The van der Waals surface area contributed by atoms with E-state index in [4.69, 9.17) is 4.42 Å². The fourth-order valence-electron chi connectivity index (χ4n) is 3.52. The van der Waals surface area contributed by atoms with E-state index in [2.05, 4.69) is 14.7 Å². The van der Waals surface area contributed by atoms with Crippen molar-refractivity contribution in [3.63, 3.8) is 0 Å². The minimum atomic E-state index is -4.66. The molecule has 4 rings (SSSR count). The van der Waals surface area contributed by atoms with Gasteiger partial charge in [-0.3, -0.25) is 9.78 Å². The summed E-state index contributed by atoms with van der Waals surface area (Å²) in [6, 6.07) is 7.86. The largest absolute Gasteiger partial charge is 0.507 e.